The first-order valence-corrected chi connectivity index (χ1v) is 8.37. The van der Waals surface area contributed by atoms with Crippen LogP contribution in [0.4, 0.5) is 5.95 Å². The number of aromatic amines is 1. The van der Waals surface area contributed by atoms with Gasteiger partial charge < -0.3 is 14.4 Å². The molecule has 0 unspecified atom stereocenters. The zero-order valence-electron chi connectivity index (χ0n) is 15.7. The number of anilines is 1. The van der Waals surface area contributed by atoms with Crippen LogP contribution in [0.5, 0.6) is 11.5 Å². The Balaban J connectivity index is 2.06. The number of ether oxygens (including phenoxy) is 2. The number of methoxy groups -OCH3 is 2. The topological polar surface area (TPSA) is 67.5 Å². The van der Waals surface area contributed by atoms with Crippen molar-refractivity contribution in [1.82, 2.24) is 9.97 Å². The maximum Gasteiger partial charge on any atom is 0.260 e. The van der Waals surface area contributed by atoms with E-state index >= 15 is 0 Å². The Labute approximate surface area is 152 Å². The van der Waals surface area contributed by atoms with Crippen molar-refractivity contribution < 1.29 is 9.47 Å². The first-order valence-electron chi connectivity index (χ1n) is 8.37. The van der Waals surface area contributed by atoms with Crippen LogP contribution in [0.1, 0.15) is 16.7 Å². The maximum absolute atomic E-state index is 12.7. The summed E-state index contributed by atoms with van der Waals surface area (Å²) in [6.07, 6.45) is 0. The molecule has 0 aliphatic carbocycles. The molecule has 136 valence electrons. The van der Waals surface area contributed by atoms with E-state index in [9.17, 15) is 4.79 Å². The van der Waals surface area contributed by atoms with E-state index in [0.717, 1.165) is 5.56 Å². The third-order valence-electron chi connectivity index (χ3n) is 4.43. The number of hydrogen-bond acceptors (Lipinski definition) is 5. The standard InChI is InChI=1S/C20H23N3O3/c1-12-7-6-8-14(9-12)11-23(3)20-21-15-10-16(25-4)18(26-5)13(2)17(15)19(24)22-20/h6-10H,11H2,1-5H3,(H,21,22,24). The molecule has 0 saturated heterocycles. The van der Waals surface area contributed by atoms with E-state index in [1.807, 2.05) is 24.9 Å². The molecule has 1 aromatic heterocycles. The predicted molar refractivity (Wildman–Crippen MR) is 103 cm³/mol. The Kier molecular flexibility index (Phi) is 4.84. The van der Waals surface area contributed by atoms with Gasteiger partial charge in [-0.2, -0.15) is 0 Å². The van der Waals surface area contributed by atoms with E-state index in [1.54, 1.807) is 20.3 Å². The van der Waals surface area contributed by atoms with Gasteiger partial charge in [-0.3, -0.25) is 9.78 Å². The minimum Gasteiger partial charge on any atom is -0.493 e. The van der Waals surface area contributed by atoms with E-state index in [-0.39, 0.29) is 5.56 Å². The van der Waals surface area contributed by atoms with Crippen LogP contribution in [0.3, 0.4) is 0 Å². The molecule has 2 aromatic carbocycles. The fourth-order valence-electron chi connectivity index (χ4n) is 3.18. The summed E-state index contributed by atoms with van der Waals surface area (Å²) in [6.45, 7) is 4.53. The minimum absolute atomic E-state index is 0.195. The molecule has 6 heteroatoms. The molecular formula is C20H23N3O3. The van der Waals surface area contributed by atoms with Gasteiger partial charge in [0.1, 0.15) is 0 Å². The third-order valence-corrected chi connectivity index (χ3v) is 4.43. The maximum atomic E-state index is 12.7. The Bertz CT molecular complexity index is 1010. The molecule has 0 bridgehead atoms. The highest BCUT2D eigenvalue weighted by Crippen LogP contribution is 2.35. The van der Waals surface area contributed by atoms with E-state index in [2.05, 4.69) is 35.1 Å². The molecule has 0 spiro atoms. The van der Waals surface area contributed by atoms with E-state index < -0.39 is 0 Å². The molecule has 0 fully saturated rings. The molecule has 1 N–H and O–H groups in total. The largest absolute Gasteiger partial charge is 0.493 e. The van der Waals surface area contributed by atoms with Gasteiger partial charge in [0.15, 0.2) is 11.5 Å². The van der Waals surface area contributed by atoms with Crippen molar-refractivity contribution in [2.24, 2.45) is 0 Å². The molecule has 1 heterocycles. The van der Waals surface area contributed by atoms with Gasteiger partial charge in [0.05, 0.1) is 25.1 Å². The number of rotatable bonds is 5. The lowest BCUT2D eigenvalue weighted by atomic mass is 10.1. The van der Waals surface area contributed by atoms with Crippen LogP contribution in [-0.2, 0) is 6.54 Å². The van der Waals surface area contributed by atoms with Crippen LogP contribution in [0, 0.1) is 13.8 Å². The van der Waals surface area contributed by atoms with Crippen molar-refractivity contribution in [2.45, 2.75) is 20.4 Å². The summed E-state index contributed by atoms with van der Waals surface area (Å²) in [4.78, 5) is 22.1. The van der Waals surface area contributed by atoms with E-state index in [4.69, 9.17) is 9.47 Å². The van der Waals surface area contributed by atoms with Gasteiger partial charge in [0.2, 0.25) is 5.95 Å². The summed E-state index contributed by atoms with van der Waals surface area (Å²) < 4.78 is 10.8. The highest BCUT2D eigenvalue weighted by molar-refractivity contribution is 5.86. The van der Waals surface area contributed by atoms with Crippen LogP contribution < -0.4 is 19.9 Å². The second-order valence-electron chi connectivity index (χ2n) is 6.37. The van der Waals surface area contributed by atoms with Crippen LogP contribution in [0.25, 0.3) is 10.9 Å². The highest BCUT2D eigenvalue weighted by atomic mass is 16.5. The van der Waals surface area contributed by atoms with Crippen molar-refractivity contribution in [3.05, 3.63) is 57.4 Å². The van der Waals surface area contributed by atoms with Gasteiger partial charge >= 0.3 is 0 Å². The zero-order chi connectivity index (χ0) is 18.8. The number of H-pyrrole nitrogens is 1. The lowest BCUT2D eigenvalue weighted by Crippen LogP contribution is -2.23. The van der Waals surface area contributed by atoms with E-state index in [1.165, 1.54) is 5.56 Å². The molecule has 6 nitrogen and oxygen atoms in total. The first-order chi connectivity index (χ1) is 12.4. The Morgan fingerprint density at radius 3 is 2.58 bits per heavy atom. The lowest BCUT2D eigenvalue weighted by Gasteiger charge is -2.19. The van der Waals surface area contributed by atoms with E-state index in [0.29, 0.717) is 40.5 Å². The second kappa shape index (κ2) is 7.07. The van der Waals surface area contributed by atoms with Crippen molar-refractivity contribution >= 4 is 16.9 Å². The average Bonchev–Trinajstić information content (AvgIpc) is 2.60. The van der Waals surface area contributed by atoms with Gasteiger partial charge in [-0.15, -0.1) is 0 Å². The number of benzene rings is 2. The number of fused-ring (bicyclic) bond motifs is 1. The molecule has 26 heavy (non-hydrogen) atoms. The van der Waals surface area contributed by atoms with Crippen molar-refractivity contribution in [2.75, 3.05) is 26.2 Å². The Morgan fingerprint density at radius 1 is 1.15 bits per heavy atom. The smallest absolute Gasteiger partial charge is 0.260 e. The second-order valence-corrected chi connectivity index (χ2v) is 6.37. The van der Waals surface area contributed by atoms with Gasteiger partial charge in [0, 0.05) is 25.2 Å². The number of nitrogens with zero attached hydrogens (tertiary/aromatic N) is 2. The Hall–Kier alpha value is -3.02. The summed E-state index contributed by atoms with van der Waals surface area (Å²) in [5, 5.41) is 0.510. The normalized spacial score (nSPS) is 10.8. The lowest BCUT2D eigenvalue weighted by molar-refractivity contribution is 0.354. The number of aromatic nitrogens is 2. The monoisotopic (exact) mass is 353 g/mol. The van der Waals surface area contributed by atoms with Gasteiger partial charge in [-0.1, -0.05) is 29.8 Å². The summed E-state index contributed by atoms with van der Waals surface area (Å²) in [6, 6.07) is 9.99. The summed E-state index contributed by atoms with van der Waals surface area (Å²) in [5.74, 6) is 1.62. The quantitative estimate of drug-likeness (QED) is 0.763. The summed E-state index contributed by atoms with van der Waals surface area (Å²) >= 11 is 0. The number of hydrogen-bond donors (Lipinski definition) is 1. The molecule has 0 radical (unpaired) electrons. The molecule has 0 atom stereocenters. The van der Waals surface area contributed by atoms with Gasteiger partial charge in [-0.25, -0.2) is 4.98 Å². The summed E-state index contributed by atoms with van der Waals surface area (Å²) in [7, 11) is 5.03. The van der Waals surface area contributed by atoms with Crippen molar-refractivity contribution in [3.63, 3.8) is 0 Å². The molecule has 0 saturated carbocycles. The van der Waals surface area contributed by atoms with Gasteiger partial charge in [-0.05, 0) is 19.4 Å². The van der Waals surface area contributed by atoms with Crippen LogP contribution in [0.2, 0.25) is 0 Å². The van der Waals surface area contributed by atoms with Crippen molar-refractivity contribution in [3.8, 4) is 11.5 Å². The molecular weight excluding hydrogens is 330 g/mol. The first kappa shape index (κ1) is 17.8. The zero-order valence-corrected chi connectivity index (χ0v) is 15.7. The van der Waals surface area contributed by atoms with Crippen LogP contribution in [-0.4, -0.2) is 31.2 Å². The fraction of sp³-hybridized carbons (Fsp3) is 0.300. The number of nitrogens with one attached hydrogen (secondary N) is 1. The molecule has 3 rings (SSSR count). The average molecular weight is 353 g/mol. The number of aryl methyl sites for hydroxylation is 2. The SMILES string of the molecule is COc1cc2nc(N(C)Cc3cccc(C)c3)[nH]c(=O)c2c(C)c1OC. The van der Waals surface area contributed by atoms with Crippen LogP contribution in [0.15, 0.2) is 35.1 Å². The molecule has 3 aromatic rings. The summed E-state index contributed by atoms with van der Waals surface area (Å²) in [5.41, 5.74) is 3.44. The molecule has 0 amide bonds. The fourth-order valence-corrected chi connectivity index (χ4v) is 3.18. The Morgan fingerprint density at radius 2 is 1.92 bits per heavy atom. The van der Waals surface area contributed by atoms with Crippen molar-refractivity contribution in [1.29, 1.82) is 0 Å². The third kappa shape index (κ3) is 3.22. The predicted octanol–water partition coefficient (Wildman–Crippen LogP) is 3.19. The van der Waals surface area contributed by atoms with Gasteiger partial charge in [0.25, 0.3) is 5.56 Å². The van der Waals surface area contributed by atoms with Crippen LogP contribution >= 0.6 is 0 Å². The molecule has 0 aliphatic heterocycles. The highest BCUT2D eigenvalue weighted by Gasteiger charge is 2.17. The molecule has 0 aliphatic rings. The minimum atomic E-state index is -0.195.